The van der Waals surface area contributed by atoms with Crippen LogP contribution in [0.1, 0.15) is 35.9 Å². The van der Waals surface area contributed by atoms with Crippen LogP contribution in [0.15, 0.2) is 4.73 Å². The van der Waals surface area contributed by atoms with Gasteiger partial charge in [0.05, 0.1) is 12.3 Å². The molecule has 5 heteroatoms. The molecule has 0 radical (unpaired) electrons. The van der Waals surface area contributed by atoms with Crippen LogP contribution in [0.2, 0.25) is 0 Å². The fraction of sp³-hybridized carbons (Fsp3) is 0.636. The number of carbonyl (C=O) groups excluding carboxylic acids is 1. The summed E-state index contributed by atoms with van der Waals surface area (Å²) >= 11 is 3.39. The highest BCUT2D eigenvalue weighted by Crippen LogP contribution is 2.32. The minimum atomic E-state index is -0.279. The van der Waals surface area contributed by atoms with Gasteiger partial charge in [0.15, 0.2) is 10.4 Å². The zero-order valence-corrected chi connectivity index (χ0v) is 11.1. The molecule has 1 aromatic rings. The van der Waals surface area contributed by atoms with Gasteiger partial charge in [-0.05, 0) is 48.5 Å². The summed E-state index contributed by atoms with van der Waals surface area (Å²) in [6.07, 6.45) is 2.48. The van der Waals surface area contributed by atoms with E-state index in [2.05, 4.69) is 20.9 Å². The van der Waals surface area contributed by atoms with Crippen molar-refractivity contribution in [1.29, 1.82) is 0 Å². The Kier molecular flexibility index (Phi) is 3.33. The molecule has 1 aliphatic rings. The molecule has 0 unspecified atom stereocenters. The molecule has 0 bridgehead atoms. The summed E-state index contributed by atoms with van der Waals surface area (Å²) in [5.74, 6) is 0.414. The van der Waals surface area contributed by atoms with Crippen molar-refractivity contribution in [1.82, 2.24) is 9.55 Å². The topological polar surface area (TPSA) is 44.1 Å². The van der Waals surface area contributed by atoms with Crippen molar-refractivity contribution < 1.29 is 9.53 Å². The van der Waals surface area contributed by atoms with Crippen LogP contribution in [0.4, 0.5) is 0 Å². The Hall–Kier alpha value is -0.840. The van der Waals surface area contributed by atoms with Crippen LogP contribution in [-0.4, -0.2) is 22.1 Å². The first kappa shape index (κ1) is 11.6. The van der Waals surface area contributed by atoms with E-state index in [0.29, 0.717) is 18.2 Å². The van der Waals surface area contributed by atoms with Gasteiger partial charge in [0.25, 0.3) is 0 Å². The summed E-state index contributed by atoms with van der Waals surface area (Å²) in [6, 6.07) is 0. The van der Waals surface area contributed by atoms with Crippen molar-refractivity contribution in [2.75, 3.05) is 6.61 Å². The van der Waals surface area contributed by atoms with Gasteiger partial charge in [0, 0.05) is 6.54 Å². The maximum absolute atomic E-state index is 11.8. The Labute approximate surface area is 103 Å². The van der Waals surface area contributed by atoms with E-state index in [1.807, 2.05) is 18.4 Å². The first-order valence-corrected chi connectivity index (χ1v) is 6.32. The molecule has 0 atom stereocenters. The molecule has 2 rings (SSSR count). The van der Waals surface area contributed by atoms with E-state index >= 15 is 0 Å². The van der Waals surface area contributed by atoms with Crippen molar-refractivity contribution in [2.45, 2.75) is 33.2 Å². The minimum absolute atomic E-state index is 0.279. The summed E-state index contributed by atoms with van der Waals surface area (Å²) in [7, 11) is 0. The van der Waals surface area contributed by atoms with E-state index in [1.165, 1.54) is 12.8 Å². The quantitative estimate of drug-likeness (QED) is 0.799. The van der Waals surface area contributed by atoms with E-state index in [4.69, 9.17) is 4.74 Å². The molecule has 0 saturated heterocycles. The predicted molar refractivity (Wildman–Crippen MR) is 63.3 cm³/mol. The highest BCUT2D eigenvalue weighted by atomic mass is 79.9. The van der Waals surface area contributed by atoms with Crippen LogP contribution in [0, 0.1) is 12.8 Å². The molecule has 0 N–H and O–H groups in total. The molecule has 0 amide bonds. The standard InChI is InChI=1S/C11H15BrN2O2/c1-3-16-10(15)9-7(2)13-11(12)14(9)6-8-4-5-8/h8H,3-6H2,1-2H3. The van der Waals surface area contributed by atoms with Crippen molar-refractivity contribution >= 4 is 21.9 Å². The third kappa shape index (κ3) is 2.29. The van der Waals surface area contributed by atoms with Crippen molar-refractivity contribution in [3.05, 3.63) is 16.1 Å². The van der Waals surface area contributed by atoms with Crippen LogP contribution >= 0.6 is 15.9 Å². The van der Waals surface area contributed by atoms with Crippen molar-refractivity contribution in [2.24, 2.45) is 5.92 Å². The monoisotopic (exact) mass is 286 g/mol. The molecule has 16 heavy (non-hydrogen) atoms. The van der Waals surface area contributed by atoms with Gasteiger partial charge in [-0.15, -0.1) is 0 Å². The van der Waals surface area contributed by atoms with Crippen molar-refractivity contribution in [3.8, 4) is 0 Å². The molecule has 1 aliphatic carbocycles. The Morgan fingerprint density at radius 2 is 2.31 bits per heavy atom. The van der Waals surface area contributed by atoms with Crippen LogP contribution < -0.4 is 0 Å². The number of ether oxygens (including phenoxy) is 1. The molecule has 1 fully saturated rings. The maximum Gasteiger partial charge on any atom is 0.356 e. The molecule has 1 heterocycles. The average Bonchev–Trinajstić information content (AvgIpc) is 2.95. The highest BCUT2D eigenvalue weighted by molar-refractivity contribution is 9.10. The van der Waals surface area contributed by atoms with Gasteiger partial charge < -0.3 is 9.30 Å². The highest BCUT2D eigenvalue weighted by Gasteiger charge is 2.27. The normalized spacial score (nSPS) is 15.2. The summed E-state index contributed by atoms with van der Waals surface area (Å²) in [5.41, 5.74) is 1.31. The van der Waals surface area contributed by atoms with Gasteiger partial charge in [0.1, 0.15) is 0 Å². The van der Waals surface area contributed by atoms with E-state index in [9.17, 15) is 4.79 Å². The molecule has 1 saturated carbocycles. The largest absolute Gasteiger partial charge is 0.461 e. The van der Waals surface area contributed by atoms with Gasteiger partial charge in [-0.1, -0.05) is 0 Å². The lowest BCUT2D eigenvalue weighted by atomic mass is 10.3. The number of hydrogen-bond acceptors (Lipinski definition) is 3. The average molecular weight is 287 g/mol. The number of hydrogen-bond donors (Lipinski definition) is 0. The molecule has 1 aromatic heterocycles. The lowest BCUT2D eigenvalue weighted by Gasteiger charge is -2.08. The number of aromatic nitrogens is 2. The molecule has 4 nitrogen and oxygen atoms in total. The number of carbonyl (C=O) groups is 1. The predicted octanol–water partition coefficient (Wildman–Crippen LogP) is 2.54. The zero-order valence-electron chi connectivity index (χ0n) is 9.49. The van der Waals surface area contributed by atoms with Gasteiger partial charge in [-0.25, -0.2) is 9.78 Å². The Morgan fingerprint density at radius 1 is 1.62 bits per heavy atom. The number of nitrogens with zero attached hydrogens (tertiary/aromatic N) is 2. The fourth-order valence-electron chi connectivity index (χ4n) is 1.72. The summed E-state index contributed by atoms with van der Waals surface area (Å²) in [5, 5.41) is 0. The smallest absolute Gasteiger partial charge is 0.356 e. The second-order valence-corrected chi connectivity index (χ2v) is 4.80. The number of halogens is 1. The second-order valence-electron chi connectivity index (χ2n) is 4.09. The summed E-state index contributed by atoms with van der Waals surface area (Å²) < 4.78 is 7.69. The molecule has 0 aromatic carbocycles. The minimum Gasteiger partial charge on any atom is -0.461 e. The van der Waals surface area contributed by atoms with Crippen LogP contribution in [0.25, 0.3) is 0 Å². The van der Waals surface area contributed by atoms with E-state index in [-0.39, 0.29) is 5.97 Å². The van der Waals surface area contributed by atoms with Crippen molar-refractivity contribution in [3.63, 3.8) is 0 Å². The molecular weight excluding hydrogens is 272 g/mol. The van der Waals surface area contributed by atoms with Gasteiger partial charge in [0.2, 0.25) is 0 Å². The molecular formula is C11H15BrN2O2. The number of rotatable bonds is 4. The summed E-state index contributed by atoms with van der Waals surface area (Å²) in [4.78, 5) is 16.1. The third-order valence-corrected chi connectivity index (χ3v) is 3.31. The molecule has 0 aliphatic heterocycles. The first-order chi connectivity index (χ1) is 7.63. The van der Waals surface area contributed by atoms with Crippen LogP contribution in [-0.2, 0) is 11.3 Å². The number of imidazole rings is 1. The SMILES string of the molecule is CCOC(=O)c1c(C)nc(Br)n1CC1CC1. The first-order valence-electron chi connectivity index (χ1n) is 5.53. The Morgan fingerprint density at radius 3 is 2.88 bits per heavy atom. The summed E-state index contributed by atoms with van der Waals surface area (Å²) in [6.45, 7) is 4.89. The zero-order chi connectivity index (χ0) is 11.7. The Bertz CT molecular complexity index is 410. The number of esters is 1. The lowest BCUT2D eigenvalue weighted by Crippen LogP contribution is -2.14. The van der Waals surface area contributed by atoms with E-state index in [0.717, 1.165) is 17.0 Å². The second kappa shape index (κ2) is 4.57. The van der Waals surface area contributed by atoms with E-state index in [1.54, 1.807) is 0 Å². The van der Waals surface area contributed by atoms with Gasteiger partial charge in [-0.3, -0.25) is 0 Å². The lowest BCUT2D eigenvalue weighted by molar-refractivity contribution is 0.0512. The maximum atomic E-state index is 11.8. The fourth-order valence-corrected chi connectivity index (χ4v) is 2.31. The third-order valence-electron chi connectivity index (χ3n) is 2.70. The van der Waals surface area contributed by atoms with Gasteiger partial charge >= 0.3 is 5.97 Å². The number of aryl methyl sites for hydroxylation is 1. The van der Waals surface area contributed by atoms with Crippen LogP contribution in [0.5, 0.6) is 0 Å². The van der Waals surface area contributed by atoms with Crippen LogP contribution in [0.3, 0.4) is 0 Å². The molecule has 0 spiro atoms. The van der Waals surface area contributed by atoms with Gasteiger partial charge in [-0.2, -0.15) is 0 Å². The molecule has 88 valence electrons. The van der Waals surface area contributed by atoms with E-state index < -0.39 is 0 Å². The Balaban J connectivity index is 2.28.